The maximum Gasteiger partial charge on any atom is 0.241 e. The second-order valence-electron chi connectivity index (χ2n) is 4.26. The Morgan fingerprint density at radius 2 is 1.72 bits per heavy atom. The van der Waals surface area contributed by atoms with E-state index < -0.39 is 39.2 Å². The Kier molecular flexibility index (Phi) is 4.78. The van der Waals surface area contributed by atoms with Gasteiger partial charge >= 0.3 is 0 Å². The van der Waals surface area contributed by atoms with Crippen molar-refractivity contribution in [2.75, 3.05) is 6.61 Å². The van der Waals surface area contributed by atoms with E-state index in [0.29, 0.717) is 6.07 Å². The monoisotopic (exact) mass is 279 g/mol. The fourth-order valence-electron chi connectivity index (χ4n) is 1.34. The van der Waals surface area contributed by atoms with Crippen LogP contribution in [0, 0.1) is 17.6 Å². The highest BCUT2D eigenvalue weighted by atomic mass is 32.2. The summed E-state index contributed by atoms with van der Waals surface area (Å²) in [5, 5.41) is 9.04. The van der Waals surface area contributed by atoms with Gasteiger partial charge in [-0.15, -0.1) is 0 Å². The van der Waals surface area contributed by atoms with Gasteiger partial charge in [-0.2, -0.15) is 0 Å². The van der Waals surface area contributed by atoms with Crippen LogP contribution in [0.1, 0.15) is 13.8 Å². The fraction of sp³-hybridized carbons (Fsp3) is 0.455. The average Bonchev–Trinajstić information content (AvgIpc) is 2.24. The van der Waals surface area contributed by atoms with Gasteiger partial charge in [-0.3, -0.25) is 0 Å². The first-order valence-electron chi connectivity index (χ1n) is 5.35. The first-order chi connectivity index (χ1) is 8.26. The van der Waals surface area contributed by atoms with Gasteiger partial charge in [0.2, 0.25) is 10.0 Å². The fourth-order valence-corrected chi connectivity index (χ4v) is 2.75. The van der Waals surface area contributed by atoms with Gasteiger partial charge in [0.1, 0.15) is 11.6 Å². The third-order valence-corrected chi connectivity index (χ3v) is 3.92. The van der Waals surface area contributed by atoms with Crippen LogP contribution in [-0.2, 0) is 10.0 Å². The van der Waals surface area contributed by atoms with E-state index in [1.165, 1.54) is 0 Å². The molecule has 1 aromatic carbocycles. The molecule has 0 aliphatic heterocycles. The minimum absolute atomic E-state index is 0.150. The molecule has 2 N–H and O–H groups in total. The molecule has 1 unspecified atom stereocenters. The topological polar surface area (TPSA) is 66.4 Å². The van der Waals surface area contributed by atoms with E-state index in [0.717, 1.165) is 12.1 Å². The zero-order valence-electron chi connectivity index (χ0n) is 10.0. The second-order valence-corrected chi connectivity index (χ2v) is 5.97. The molecule has 1 atom stereocenters. The number of nitrogens with one attached hydrogen (secondary N) is 1. The van der Waals surface area contributed by atoms with Gasteiger partial charge in [0.15, 0.2) is 0 Å². The van der Waals surface area contributed by atoms with Gasteiger partial charge in [-0.25, -0.2) is 21.9 Å². The Balaban J connectivity index is 3.06. The van der Waals surface area contributed by atoms with Crippen LogP contribution in [0.4, 0.5) is 8.78 Å². The van der Waals surface area contributed by atoms with E-state index in [2.05, 4.69) is 4.72 Å². The quantitative estimate of drug-likeness (QED) is 0.852. The van der Waals surface area contributed by atoms with Crippen molar-refractivity contribution in [3.05, 3.63) is 29.8 Å². The van der Waals surface area contributed by atoms with Crippen LogP contribution in [0.2, 0.25) is 0 Å². The molecule has 0 amide bonds. The first kappa shape index (κ1) is 15.0. The SMILES string of the molecule is CC(C)C(CO)NS(=O)(=O)c1cc(F)cc(F)c1. The van der Waals surface area contributed by atoms with Gasteiger partial charge in [-0.05, 0) is 18.1 Å². The summed E-state index contributed by atoms with van der Waals surface area (Å²) >= 11 is 0. The Morgan fingerprint density at radius 1 is 1.22 bits per heavy atom. The number of rotatable bonds is 5. The Bertz CT molecular complexity index is 497. The highest BCUT2D eigenvalue weighted by molar-refractivity contribution is 7.89. The molecule has 1 rings (SSSR count). The number of hydrogen-bond donors (Lipinski definition) is 2. The van der Waals surface area contributed by atoms with Gasteiger partial charge < -0.3 is 5.11 Å². The molecule has 4 nitrogen and oxygen atoms in total. The normalized spacial score (nSPS) is 13.9. The standard InChI is InChI=1S/C11H15F2NO3S/c1-7(2)11(6-15)14-18(16,17)10-4-8(12)3-9(13)5-10/h3-5,7,11,14-15H,6H2,1-2H3. The molecule has 0 saturated heterocycles. The van der Waals surface area contributed by atoms with Crippen LogP contribution in [-0.4, -0.2) is 26.2 Å². The number of benzene rings is 1. The molecule has 0 fully saturated rings. The van der Waals surface area contributed by atoms with E-state index in [-0.39, 0.29) is 5.92 Å². The molecule has 0 aliphatic rings. The summed E-state index contributed by atoms with van der Waals surface area (Å²) in [6.07, 6.45) is 0. The molecule has 102 valence electrons. The maximum atomic E-state index is 13.0. The van der Waals surface area contributed by atoms with E-state index in [4.69, 9.17) is 5.11 Å². The van der Waals surface area contributed by atoms with E-state index in [9.17, 15) is 17.2 Å². The van der Waals surface area contributed by atoms with Gasteiger partial charge in [0.25, 0.3) is 0 Å². The van der Waals surface area contributed by atoms with Crippen LogP contribution in [0.5, 0.6) is 0 Å². The number of hydrogen-bond acceptors (Lipinski definition) is 3. The first-order valence-corrected chi connectivity index (χ1v) is 6.84. The van der Waals surface area contributed by atoms with Crippen molar-refractivity contribution in [2.24, 2.45) is 5.92 Å². The number of aliphatic hydroxyl groups excluding tert-OH is 1. The lowest BCUT2D eigenvalue weighted by molar-refractivity contribution is 0.227. The lowest BCUT2D eigenvalue weighted by Crippen LogP contribution is -2.41. The van der Waals surface area contributed by atoms with Crippen LogP contribution in [0.25, 0.3) is 0 Å². The van der Waals surface area contributed by atoms with Gasteiger partial charge in [0, 0.05) is 12.1 Å². The molecule has 18 heavy (non-hydrogen) atoms. The Hall–Kier alpha value is -1.05. The third-order valence-electron chi connectivity index (χ3n) is 2.45. The molecule has 0 bridgehead atoms. The minimum Gasteiger partial charge on any atom is -0.395 e. The number of sulfonamides is 1. The maximum absolute atomic E-state index is 13.0. The number of halogens is 2. The molecule has 0 aliphatic carbocycles. The molecule has 0 radical (unpaired) electrons. The van der Waals surface area contributed by atoms with Crippen molar-refractivity contribution in [1.82, 2.24) is 4.72 Å². The van der Waals surface area contributed by atoms with Crippen molar-refractivity contribution in [3.8, 4) is 0 Å². The number of aliphatic hydroxyl groups is 1. The lowest BCUT2D eigenvalue weighted by Gasteiger charge is -2.19. The van der Waals surface area contributed by atoms with Crippen LogP contribution >= 0.6 is 0 Å². The van der Waals surface area contributed by atoms with E-state index >= 15 is 0 Å². The van der Waals surface area contributed by atoms with Gasteiger partial charge in [0.05, 0.1) is 11.5 Å². The summed E-state index contributed by atoms with van der Waals surface area (Å²) in [5.74, 6) is -2.09. The summed E-state index contributed by atoms with van der Waals surface area (Å²) in [6, 6.07) is 1.33. The predicted molar refractivity (Wildman–Crippen MR) is 62.4 cm³/mol. The van der Waals surface area contributed by atoms with Crippen LogP contribution < -0.4 is 4.72 Å². The van der Waals surface area contributed by atoms with Crippen molar-refractivity contribution in [1.29, 1.82) is 0 Å². The molecule has 0 heterocycles. The molecular formula is C11H15F2NO3S. The summed E-state index contributed by atoms with van der Waals surface area (Å²) in [4.78, 5) is -0.501. The average molecular weight is 279 g/mol. The van der Waals surface area contributed by atoms with Gasteiger partial charge in [-0.1, -0.05) is 13.8 Å². The summed E-state index contributed by atoms with van der Waals surface area (Å²) in [6.45, 7) is 3.04. The van der Waals surface area contributed by atoms with Crippen molar-refractivity contribution in [3.63, 3.8) is 0 Å². The predicted octanol–water partition coefficient (Wildman–Crippen LogP) is 1.26. The van der Waals surface area contributed by atoms with Crippen LogP contribution in [0.3, 0.4) is 0 Å². The summed E-state index contributed by atoms with van der Waals surface area (Å²) in [7, 11) is -4.05. The zero-order valence-corrected chi connectivity index (χ0v) is 10.8. The molecule has 0 spiro atoms. The zero-order chi connectivity index (χ0) is 13.9. The molecular weight excluding hydrogens is 264 g/mol. The van der Waals surface area contributed by atoms with E-state index in [1.54, 1.807) is 13.8 Å². The molecule has 0 aromatic heterocycles. The highest BCUT2D eigenvalue weighted by Gasteiger charge is 2.22. The molecule has 1 aromatic rings. The van der Waals surface area contributed by atoms with Crippen molar-refractivity contribution in [2.45, 2.75) is 24.8 Å². The Morgan fingerprint density at radius 3 is 2.11 bits per heavy atom. The largest absolute Gasteiger partial charge is 0.395 e. The second kappa shape index (κ2) is 5.73. The smallest absolute Gasteiger partial charge is 0.241 e. The highest BCUT2D eigenvalue weighted by Crippen LogP contribution is 2.15. The minimum atomic E-state index is -4.05. The van der Waals surface area contributed by atoms with E-state index in [1.807, 2.05) is 0 Å². The summed E-state index contributed by atoms with van der Waals surface area (Å²) < 4.78 is 51.8. The third kappa shape index (κ3) is 3.72. The van der Waals surface area contributed by atoms with Crippen LogP contribution in [0.15, 0.2) is 23.1 Å². The summed E-state index contributed by atoms with van der Waals surface area (Å²) in [5.41, 5.74) is 0. The Labute approximate surface area is 105 Å². The molecule has 7 heteroatoms. The van der Waals surface area contributed by atoms with Crippen molar-refractivity contribution >= 4 is 10.0 Å². The molecule has 0 saturated carbocycles. The lowest BCUT2D eigenvalue weighted by atomic mass is 10.1. The van der Waals surface area contributed by atoms with Crippen molar-refractivity contribution < 1.29 is 22.3 Å².